The minimum absolute atomic E-state index is 0.0385. The summed E-state index contributed by atoms with van der Waals surface area (Å²) in [5, 5.41) is 21.7. The molecular weight excluding hydrogens is 456 g/mol. The predicted molar refractivity (Wildman–Crippen MR) is 139 cm³/mol. The van der Waals surface area contributed by atoms with Crippen molar-refractivity contribution in [2.75, 3.05) is 7.11 Å². The molecule has 3 aromatic carbocycles. The average Bonchev–Trinajstić information content (AvgIpc) is 3.44. The van der Waals surface area contributed by atoms with Crippen LogP contribution in [0.1, 0.15) is 33.7 Å². The lowest BCUT2D eigenvalue weighted by Gasteiger charge is -2.19. The van der Waals surface area contributed by atoms with Crippen LogP contribution in [-0.2, 0) is 0 Å². The zero-order valence-electron chi connectivity index (χ0n) is 20.1. The van der Waals surface area contributed by atoms with Gasteiger partial charge in [-0.15, -0.1) is 0 Å². The molecule has 182 valence electrons. The van der Waals surface area contributed by atoms with Crippen molar-refractivity contribution in [2.45, 2.75) is 19.8 Å². The number of rotatable bonds is 6. The van der Waals surface area contributed by atoms with Crippen molar-refractivity contribution >= 4 is 0 Å². The SMILES string of the molecule is COc1cc(C(c2c(-c3ccc(C)cc3)[nH][nH]c2=O)c2c(-c3ccc(C)cc3)[nH][nH]c2=O)ccc1O. The molecule has 8 heteroatoms. The molecule has 5 N–H and O–H groups in total. The molecule has 0 atom stereocenters. The quantitative estimate of drug-likeness (QED) is 0.243. The van der Waals surface area contributed by atoms with E-state index < -0.39 is 5.92 Å². The summed E-state index contributed by atoms with van der Waals surface area (Å²) in [6, 6.07) is 20.4. The lowest BCUT2D eigenvalue weighted by Crippen LogP contribution is -2.20. The third kappa shape index (κ3) is 4.02. The number of aryl methyl sites for hydroxylation is 2. The van der Waals surface area contributed by atoms with Crippen LogP contribution < -0.4 is 15.9 Å². The van der Waals surface area contributed by atoms with E-state index in [0.29, 0.717) is 28.1 Å². The number of H-pyrrole nitrogens is 4. The monoisotopic (exact) mass is 482 g/mol. The number of phenolic OH excluding ortho intramolecular Hbond substituents is 1. The number of aromatic hydroxyl groups is 1. The van der Waals surface area contributed by atoms with Gasteiger partial charge in [-0.2, -0.15) is 0 Å². The first-order chi connectivity index (χ1) is 17.4. The van der Waals surface area contributed by atoms with Crippen LogP contribution in [0.25, 0.3) is 22.5 Å². The molecular formula is C28H26N4O4. The number of nitrogens with one attached hydrogen (secondary N) is 4. The molecule has 0 unspecified atom stereocenters. The highest BCUT2D eigenvalue weighted by atomic mass is 16.5. The first-order valence-corrected chi connectivity index (χ1v) is 11.5. The maximum Gasteiger partial charge on any atom is 0.268 e. The first kappa shape index (κ1) is 23.0. The number of aromatic amines is 4. The van der Waals surface area contributed by atoms with Crippen molar-refractivity contribution < 1.29 is 9.84 Å². The number of hydrogen-bond donors (Lipinski definition) is 5. The summed E-state index contributed by atoms with van der Waals surface area (Å²) >= 11 is 0. The average molecular weight is 483 g/mol. The van der Waals surface area contributed by atoms with Gasteiger partial charge in [-0.1, -0.05) is 65.7 Å². The molecule has 2 heterocycles. The van der Waals surface area contributed by atoms with E-state index in [1.165, 1.54) is 13.2 Å². The summed E-state index contributed by atoms with van der Waals surface area (Å²) in [5.74, 6) is -0.578. The fourth-order valence-corrected chi connectivity index (χ4v) is 4.53. The van der Waals surface area contributed by atoms with Gasteiger partial charge in [0.2, 0.25) is 0 Å². The van der Waals surface area contributed by atoms with Gasteiger partial charge in [-0.25, -0.2) is 0 Å². The standard InChI is InChI=1S/C28H26N4O4/c1-15-4-8-17(9-5-15)25-23(27(34)31-29-25)22(19-12-13-20(33)21(14-19)36-3)24-26(30-32-28(24)35)18-10-6-16(2)7-11-18/h4-14,22,33H,1-3H3,(H2,29,31,34)(H2,30,32,35). The molecule has 0 bridgehead atoms. The van der Waals surface area contributed by atoms with Gasteiger partial charge in [0.15, 0.2) is 11.5 Å². The van der Waals surface area contributed by atoms with Crippen molar-refractivity contribution in [3.63, 3.8) is 0 Å². The van der Waals surface area contributed by atoms with Crippen LogP contribution in [0.15, 0.2) is 76.3 Å². The van der Waals surface area contributed by atoms with Crippen LogP contribution in [0.3, 0.4) is 0 Å². The van der Waals surface area contributed by atoms with Crippen molar-refractivity contribution in [2.24, 2.45) is 0 Å². The Hall–Kier alpha value is -4.72. The highest BCUT2D eigenvalue weighted by Crippen LogP contribution is 2.40. The van der Waals surface area contributed by atoms with Crippen molar-refractivity contribution in [3.8, 4) is 34.0 Å². The number of phenols is 1. The van der Waals surface area contributed by atoms with E-state index in [-0.39, 0.29) is 22.6 Å². The van der Waals surface area contributed by atoms with Crippen LogP contribution in [-0.4, -0.2) is 32.6 Å². The van der Waals surface area contributed by atoms with Gasteiger partial charge < -0.3 is 9.84 Å². The van der Waals surface area contributed by atoms with E-state index in [2.05, 4.69) is 20.4 Å². The summed E-state index contributed by atoms with van der Waals surface area (Å²) in [6.45, 7) is 3.98. The van der Waals surface area contributed by atoms with Crippen LogP contribution >= 0.6 is 0 Å². The molecule has 0 aliphatic heterocycles. The van der Waals surface area contributed by atoms with E-state index in [1.807, 2.05) is 62.4 Å². The number of aromatic nitrogens is 4. The maximum atomic E-state index is 13.3. The van der Waals surface area contributed by atoms with E-state index in [4.69, 9.17) is 4.74 Å². The van der Waals surface area contributed by atoms with E-state index >= 15 is 0 Å². The highest BCUT2D eigenvalue weighted by molar-refractivity contribution is 5.71. The smallest absolute Gasteiger partial charge is 0.268 e. The molecule has 2 aromatic heterocycles. The summed E-state index contributed by atoms with van der Waals surface area (Å²) in [5.41, 5.74) is 5.60. The Morgan fingerprint density at radius 2 is 1.17 bits per heavy atom. The second-order valence-corrected chi connectivity index (χ2v) is 8.83. The second-order valence-electron chi connectivity index (χ2n) is 8.83. The second kappa shape index (κ2) is 9.14. The van der Waals surface area contributed by atoms with Crippen molar-refractivity contribution in [1.82, 2.24) is 20.4 Å². The van der Waals surface area contributed by atoms with Crippen LogP contribution in [0.4, 0.5) is 0 Å². The number of ether oxygens (including phenoxy) is 1. The Morgan fingerprint density at radius 1 is 0.694 bits per heavy atom. The molecule has 0 amide bonds. The summed E-state index contributed by atoms with van der Waals surface area (Å²) in [4.78, 5) is 26.7. The summed E-state index contributed by atoms with van der Waals surface area (Å²) < 4.78 is 5.35. The van der Waals surface area contributed by atoms with Crippen LogP contribution in [0.5, 0.6) is 11.5 Å². The number of hydrogen-bond acceptors (Lipinski definition) is 4. The zero-order chi connectivity index (χ0) is 25.4. The first-order valence-electron chi connectivity index (χ1n) is 11.5. The summed E-state index contributed by atoms with van der Waals surface area (Å²) in [6.07, 6.45) is 0. The largest absolute Gasteiger partial charge is 0.504 e. The molecule has 0 radical (unpaired) electrons. The minimum Gasteiger partial charge on any atom is -0.504 e. The van der Waals surface area contributed by atoms with Gasteiger partial charge in [-0.3, -0.25) is 30.0 Å². The Bertz CT molecular complexity index is 1540. The fourth-order valence-electron chi connectivity index (χ4n) is 4.53. The molecule has 36 heavy (non-hydrogen) atoms. The highest BCUT2D eigenvalue weighted by Gasteiger charge is 2.31. The molecule has 0 saturated carbocycles. The Kier molecular flexibility index (Phi) is 5.85. The topological polar surface area (TPSA) is 127 Å². The number of methoxy groups -OCH3 is 1. The zero-order valence-corrected chi connectivity index (χ0v) is 20.1. The molecule has 8 nitrogen and oxygen atoms in total. The van der Waals surface area contributed by atoms with E-state index in [1.54, 1.807) is 12.1 Å². The van der Waals surface area contributed by atoms with Gasteiger partial charge in [0.1, 0.15) is 0 Å². The van der Waals surface area contributed by atoms with Crippen molar-refractivity contribution in [3.05, 3.63) is 115 Å². The van der Waals surface area contributed by atoms with Crippen LogP contribution in [0, 0.1) is 13.8 Å². The normalized spacial score (nSPS) is 11.2. The predicted octanol–water partition coefficient (Wildman–Crippen LogP) is 4.56. The molecule has 0 spiro atoms. The fraction of sp³-hybridized carbons (Fsp3) is 0.143. The summed E-state index contributed by atoms with van der Waals surface area (Å²) in [7, 11) is 1.45. The third-order valence-electron chi connectivity index (χ3n) is 6.42. The van der Waals surface area contributed by atoms with Crippen molar-refractivity contribution in [1.29, 1.82) is 0 Å². The van der Waals surface area contributed by atoms with E-state index in [0.717, 1.165) is 22.3 Å². The third-order valence-corrected chi connectivity index (χ3v) is 6.42. The number of benzene rings is 3. The lowest BCUT2D eigenvalue weighted by atomic mass is 9.83. The Morgan fingerprint density at radius 3 is 1.61 bits per heavy atom. The Labute approximate surface area is 206 Å². The lowest BCUT2D eigenvalue weighted by molar-refractivity contribution is 0.373. The van der Waals surface area contributed by atoms with Gasteiger partial charge >= 0.3 is 0 Å². The van der Waals surface area contributed by atoms with E-state index in [9.17, 15) is 14.7 Å². The maximum absolute atomic E-state index is 13.3. The van der Waals surface area contributed by atoms with Gasteiger partial charge in [0, 0.05) is 5.92 Å². The molecule has 0 fully saturated rings. The Balaban J connectivity index is 1.81. The molecule has 0 aliphatic rings. The minimum atomic E-state index is -0.780. The molecule has 0 saturated heterocycles. The van der Waals surface area contributed by atoms with Gasteiger partial charge in [-0.05, 0) is 42.7 Å². The molecule has 0 aliphatic carbocycles. The molecule has 5 aromatic rings. The van der Waals surface area contributed by atoms with Gasteiger partial charge in [0.05, 0.1) is 29.6 Å². The van der Waals surface area contributed by atoms with Crippen LogP contribution in [0.2, 0.25) is 0 Å². The van der Waals surface area contributed by atoms with Gasteiger partial charge in [0.25, 0.3) is 11.1 Å². The molecule has 5 rings (SSSR count).